The fraction of sp³-hybridized carbons (Fsp3) is 0.500. The minimum absolute atomic E-state index is 0.187. The first-order valence-corrected chi connectivity index (χ1v) is 7.98. The van der Waals surface area contributed by atoms with Crippen molar-refractivity contribution in [3.63, 3.8) is 0 Å². The van der Waals surface area contributed by atoms with Crippen LogP contribution in [0.1, 0.15) is 48.2 Å². The van der Waals surface area contributed by atoms with Gasteiger partial charge in [0.2, 0.25) is 5.91 Å². The Hall–Kier alpha value is -2.44. The molecule has 1 N–H and O–H groups in total. The predicted molar refractivity (Wildman–Crippen MR) is 85.2 cm³/mol. The van der Waals surface area contributed by atoms with Crippen molar-refractivity contribution in [3.8, 4) is 0 Å². The van der Waals surface area contributed by atoms with Gasteiger partial charge in [0.25, 0.3) is 5.91 Å². The number of carbonyl (C=O) groups is 2. The maximum atomic E-state index is 11.9. The quantitative estimate of drug-likeness (QED) is 0.923. The van der Waals surface area contributed by atoms with E-state index >= 15 is 0 Å². The Morgan fingerprint density at radius 1 is 1.35 bits per heavy atom. The molecule has 0 aliphatic carbocycles. The molecule has 0 saturated carbocycles. The summed E-state index contributed by atoms with van der Waals surface area (Å²) >= 11 is 0. The Morgan fingerprint density at radius 3 is 2.74 bits per heavy atom. The van der Waals surface area contributed by atoms with Crippen LogP contribution in [-0.4, -0.2) is 51.4 Å². The lowest BCUT2D eigenvalue weighted by Gasteiger charge is -2.32. The first kappa shape index (κ1) is 15.5. The first-order valence-electron chi connectivity index (χ1n) is 7.98. The molecule has 7 heteroatoms. The van der Waals surface area contributed by atoms with E-state index in [1.807, 2.05) is 17.9 Å². The SMILES string of the molecule is CCC(=O)N1CCC(c2ccnc3c(C(=O)NC)cnn23)CC1. The molecule has 0 atom stereocenters. The molecule has 2 amide bonds. The zero-order chi connectivity index (χ0) is 16.4. The maximum absolute atomic E-state index is 11.9. The summed E-state index contributed by atoms with van der Waals surface area (Å²) in [4.78, 5) is 29.9. The van der Waals surface area contributed by atoms with Crippen molar-refractivity contribution in [2.45, 2.75) is 32.1 Å². The monoisotopic (exact) mass is 315 g/mol. The van der Waals surface area contributed by atoms with E-state index in [2.05, 4.69) is 15.4 Å². The fourth-order valence-electron chi connectivity index (χ4n) is 3.16. The number of fused-ring (bicyclic) bond motifs is 1. The number of hydrogen-bond donors (Lipinski definition) is 1. The average Bonchev–Trinajstić information content (AvgIpc) is 3.04. The van der Waals surface area contributed by atoms with Crippen molar-refractivity contribution < 1.29 is 9.59 Å². The summed E-state index contributed by atoms with van der Waals surface area (Å²) in [5.41, 5.74) is 2.11. The summed E-state index contributed by atoms with van der Waals surface area (Å²) < 4.78 is 1.76. The van der Waals surface area contributed by atoms with Crippen molar-refractivity contribution in [3.05, 3.63) is 29.7 Å². The molecule has 0 radical (unpaired) electrons. The van der Waals surface area contributed by atoms with Crippen LogP contribution in [-0.2, 0) is 4.79 Å². The lowest BCUT2D eigenvalue weighted by atomic mass is 9.93. The van der Waals surface area contributed by atoms with Gasteiger partial charge in [-0.25, -0.2) is 9.50 Å². The molecule has 0 aromatic carbocycles. The Morgan fingerprint density at radius 2 is 2.09 bits per heavy atom. The molecule has 0 spiro atoms. The molecule has 122 valence electrons. The van der Waals surface area contributed by atoms with Gasteiger partial charge < -0.3 is 10.2 Å². The van der Waals surface area contributed by atoms with E-state index in [0.717, 1.165) is 31.6 Å². The van der Waals surface area contributed by atoms with Gasteiger partial charge in [0, 0.05) is 44.4 Å². The van der Waals surface area contributed by atoms with Crippen molar-refractivity contribution in [1.29, 1.82) is 0 Å². The molecule has 3 rings (SSSR count). The van der Waals surface area contributed by atoms with Crippen LogP contribution in [0.4, 0.5) is 0 Å². The summed E-state index contributed by atoms with van der Waals surface area (Å²) in [6.07, 6.45) is 5.64. The molecule has 0 bridgehead atoms. The van der Waals surface area contributed by atoms with Crippen LogP contribution in [0.5, 0.6) is 0 Å². The van der Waals surface area contributed by atoms with E-state index in [0.29, 0.717) is 23.5 Å². The molecule has 1 aliphatic rings. The highest BCUT2D eigenvalue weighted by Crippen LogP contribution is 2.28. The van der Waals surface area contributed by atoms with Crippen LogP contribution in [0, 0.1) is 0 Å². The average molecular weight is 315 g/mol. The molecule has 23 heavy (non-hydrogen) atoms. The third-order valence-corrected chi connectivity index (χ3v) is 4.47. The van der Waals surface area contributed by atoms with E-state index in [1.165, 1.54) is 0 Å². The number of rotatable bonds is 3. The van der Waals surface area contributed by atoms with Crippen LogP contribution in [0.2, 0.25) is 0 Å². The smallest absolute Gasteiger partial charge is 0.256 e. The van der Waals surface area contributed by atoms with Crippen molar-refractivity contribution in [2.75, 3.05) is 20.1 Å². The Kier molecular flexibility index (Phi) is 4.27. The van der Waals surface area contributed by atoms with Crippen LogP contribution >= 0.6 is 0 Å². The number of aromatic nitrogens is 3. The summed E-state index contributed by atoms with van der Waals surface area (Å²) in [7, 11) is 1.59. The second-order valence-electron chi connectivity index (χ2n) is 5.75. The molecule has 1 saturated heterocycles. The zero-order valence-corrected chi connectivity index (χ0v) is 13.5. The minimum atomic E-state index is -0.187. The number of nitrogens with zero attached hydrogens (tertiary/aromatic N) is 4. The normalized spacial score (nSPS) is 15.8. The standard InChI is InChI=1S/C16H21N5O2/c1-3-14(22)20-8-5-11(6-9-20)13-4-7-18-15-12(16(23)17-2)10-19-21(13)15/h4,7,10-11H,3,5-6,8-9H2,1-2H3,(H,17,23). The molecule has 0 unspecified atom stereocenters. The third-order valence-electron chi connectivity index (χ3n) is 4.47. The molecule has 7 nitrogen and oxygen atoms in total. The van der Waals surface area contributed by atoms with E-state index in [9.17, 15) is 9.59 Å². The zero-order valence-electron chi connectivity index (χ0n) is 13.5. The van der Waals surface area contributed by atoms with Crippen LogP contribution < -0.4 is 5.32 Å². The molecule has 1 fully saturated rings. The Labute approximate surface area is 134 Å². The number of carbonyl (C=O) groups excluding carboxylic acids is 2. The predicted octanol–water partition coefficient (Wildman–Crippen LogP) is 1.20. The molecule has 3 heterocycles. The molecular formula is C16H21N5O2. The lowest BCUT2D eigenvalue weighted by Crippen LogP contribution is -2.37. The van der Waals surface area contributed by atoms with Crippen LogP contribution in [0.15, 0.2) is 18.5 Å². The summed E-state index contributed by atoms with van der Waals surface area (Å²) in [6.45, 7) is 3.43. The van der Waals surface area contributed by atoms with Gasteiger partial charge in [-0.15, -0.1) is 0 Å². The highest BCUT2D eigenvalue weighted by atomic mass is 16.2. The van der Waals surface area contributed by atoms with E-state index in [4.69, 9.17) is 0 Å². The maximum Gasteiger partial charge on any atom is 0.256 e. The van der Waals surface area contributed by atoms with Crippen LogP contribution in [0.3, 0.4) is 0 Å². The third kappa shape index (κ3) is 2.78. The van der Waals surface area contributed by atoms with Crippen molar-refractivity contribution in [1.82, 2.24) is 24.8 Å². The van der Waals surface area contributed by atoms with E-state index in [-0.39, 0.29) is 11.8 Å². The Bertz CT molecular complexity index is 731. The van der Waals surface area contributed by atoms with Gasteiger partial charge in [-0.3, -0.25) is 9.59 Å². The van der Waals surface area contributed by atoms with Gasteiger partial charge in [-0.05, 0) is 18.9 Å². The van der Waals surface area contributed by atoms with Gasteiger partial charge in [0.1, 0.15) is 5.56 Å². The van der Waals surface area contributed by atoms with Gasteiger partial charge in [0.15, 0.2) is 5.65 Å². The van der Waals surface area contributed by atoms with E-state index in [1.54, 1.807) is 24.0 Å². The second kappa shape index (κ2) is 6.36. The molecular weight excluding hydrogens is 294 g/mol. The lowest BCUT2D eigenvalue weighted by molar-refractivity contribution is -0.131. The highest BCUT2D eigenvalue weighted by Gasteiger charge is 2.25. The highest BCUT2D eigenvalue weighted by molar-refractivity contribution is 5.99. The topological polar surface area (TPSA) is 79.6 Å². The second-order valence-corrected chi connectivity index (χ2v) is 5.75. The minimum Gasteiger partial charge on any atom is -0.355 e. The van der Waals surface area contributed by atoms with Gasteiger partial charge in [-0.2, -0.15) is 5.10 Å². The Balaban J connectivity index is 1.86. The first-order chi connectivity index (χ1) is 11.2. The number of hydrogen-bond acceptors (Lipinski definition) is 4. The summed E-state index contributed by atoms with van der Waals surface area (Å²) in [5.74, 6) is 0.344. The summed E-state index contributed by atoms with van der Waals surface area (Å²) in [5, 5.41) is 6.95. The number of amides is 2. The number of likely N-dealkylation sites (tertiary alicyclic amines) is 1. The largest absolute Gasteiger partial charge is 0.355 e. The van der Waals surface area contributed by atoms with E-state index < -0.39 is 0 Å². The summed E-state index contributed by atoms with van der Waals surface area (Å²) in [6, 6.07) is 1.95. The van der Waals surface area contributed by atoms with Crippen LogP contribution in [0.25, 0.3) is 5.65 Å². The number of piperidine rings is 1. The van der Waals surface area contributed by atoms with Crippen molar-refractivity contribution in [2.24, 2.45) is 0 Å². The number of nitrogens with one attached hydrogen (secondary N) is 1. The van der Waals surface area contributed by atoms with Crippen molar-refractivity contribution >= 4 is 17.5 Å². The molecule has 2 aromatic rings. The fourth-order valence-corrected chi connectivity index (χ4v) is 3.16. The molecule has 1 aliphatic heterocycles. The van der Waals surface area contributed by atoms with Gasteiger partial charge in [0.05, 0.1) is 6.20 Å². The van der Waals surface area contributed by atoms with Gasteiger partial charge in [-0.1, -0.05) is 6.92 Å². The molecule has 2 aromatic heterocycles. The van der Waals surface area contributed by atoms with Gasteiger partial charge >= 0.3 is 0 Å².